The molecular weight excluding hydrogens is 364 g/mol. The van der Waals surface area contributed by atoms with Crippen LogP contribution in [-0.4, -0.2) is 62.6 Å². The zero-order chi connectivity index (χ0) is 20.4. The van der Waals surface area contributed by atoms with E-state index < -0.39 is 0 Å². The van der Waals surface area contributed by atoms with E-state index in [1.165, 1.54) is 0 Å². The van der Waals surface area contributed by atoms with E-state index in [1.54, 1.807) is 10.9 Å². The predicted octanol–water partition coefficient (Wildman–Crippen LogP) is 2.39. The fourth-order valence-electron chi connectivity index (χ4n) is 3.73. The Bertz CT molecular complexity index is 972. The van der Waals surface area contributed by atoms with Crippen molar-refractivity contribution in [3.05, 3.63) is 42.6 Å². The third-order valence-electron chi connectivity index (χ3n) is 5.20. The van der Waals surface area contributed by atoms with E-state index in [1.807, 2.05) is 31.6 Å². The molecule has 1 fully saturated rings. The molecule has 4 rings (SSSR count). The Morgan fingerprint density at radius 1 is 1.07 bits per heavy atom. The van der Waals surface area contributed by atoms with E-state index in [2.05, 4.69) is 50.0 Å². The number of nitrogen functional groups attached to an aromatic ring is 1. The molecule has 1 saturated heterocycles. The molecule has 2 N–H and O–H groups in total. The van der Waals surface area contributed by atoms with Gasteiger partial charge in [-0.2, -0.15) is 0 Å². The molecule has 0 aromatic carbocycles. The molecule has 152 valence electrons. The maximum absolute atomic E-state index is 5.88. The summed E-state index contributed by atoms with van der Waals surface area (Å²) in [6.07, 6.45) is 7.30. The molecule has 0 bridgehead atoms. The van der Waals surface area contributed by atoms with Crippen LogP contribution < -0.4 is 10.6 Å². The van der Waals surface area contributed by atoms with E-state index in [0.717, 1.165) is 61.0 Å². The third kappa shape index (κ3) is 4.37. The lowest BCUT2D eigenvalue weighted by atomic mass is 10.1. The minimum atomic E-state index is 0.600. The highest BCUT2D eigenvalue weighted by atomic mass is 15.4. The lowest BCUT2D eigenvalue weighted by molar-refractivity contribution is 0.231. The van der Waals surface area contributed by atoms with Crippen molar-refractivity contribution in [3.63, 3.8) is 0 Å². The molecule has 0 radical (unpaired) electrons. The van der Waals surface area contributed by atoms with E-state index in [9.17, 15) is 0 Å². The van der Waals surface area contributed by atoms with Gasteiger partial charge in [-0.15, -0.1) is 5.10 Å². The summed E-state index contributed by atoms with van der Waals surface area (Å²) in [7, 11) is 0. The van der Waals surface area contributed by atoms with E-state index in [4.69, 9.17) is 5.73 Å². The van der Waals surface area contributed by atoms with Gasteiger partial charge in [0.2, 0.25) is 0 Å². The highest BCUT2D eigenvalue weighted by Gasteiger charge is 2.19. The normalized spacial score (nSPS) is 15.2. The summed E-state index contributed by atoms with van der Waals surface area (Å²) in [6.45, 7) is 11.8. The largest absolute Gasteiger partial charge is 0.397 e. The van der Waals surface area contributed by atoms with Gasteiger partial charge in [-0.25, -0.2) is 4.68 Å². The van der Waals surface area contributed by atoms with Crippen LogP contribution in [0.15, 0.2) is 36.9 Å². The number of aryl methyl sites for hydroxylation is 1. The van der Waals surface area contributed by atoms with Gasteiger partial charge in [0.1, 0.15) is 5.69 Å². The van der Waals surface area contributed by atoms with Gasteiger partial charge >= 0.3 is 0 Å². The smallest absolute Gasteiger partial charge is 0.115 e. The lowest BCUT2D eigenvalue weighted by Gasteiger charge is -2.36. The van der Waals surface area contributed by atoms with Gasteiger partial charge in [0.05, 0.1) is 41.3 Å². The average Bonchev–Trinajstić information content (AvgIpc) is 3.20. The van der Waals surface area contributed by atoms with E-state index in [0.29, 0.717) is 11.6 Å². The van der Waals surface area contributed by atoms with Crippen LogP contribution in [-0.2, 0) is 0 Å². The van der Waals surface area contributed by atoms with Crippen molar-refractivity contribution in [1.29, 1.82) is 0 Å². The van der Waals surface area contributed by atoms with Gasteiger partial charge < -0.3 is 10.6 Å². The summed E-state index contributed by atoms with van der Waals surface area (Å²) >= 11 is 0. The zero-order valence-corrected chi connectivity index (χ0v) is 17.3. The number of nitrogens with zero attached hydrogens (tertiary/aromatic N) is 7. The first-order valence-corrected chi connectivity index (χ1v) is 10.1. The lowest BCUT2D eigenvalue weighted by Crippen LogP contribution is -2.47. The quantitative estimate of drug-likeness (QED) is 0.713. The number of nitrogens with two attached hydrogens (primary N) is 1. The van der Waals surface area contributed by atoms with Crippen molar-refractivity contribution in [2.75, 3.05) is 43.4 Å². The molecule has 0 atom stereocenters. The Labute approximate surface area is 171 Å². The van der Waals surface area contributed by atoms with Gasteiger partial charge in [0.15, 0.2) is 0 Å². The van der Waals surface area contributed by atoms with Crippen LogP contribution in [0.2, 0.25) is 0 Å². The van der Waals surface area contributed by atoms with Crippen LogP contribution in [0.25, 0.3) is 16.9 Å². The van der Waals surface area contributed by atoms with Crippen molar-refractivity contribution in [3.8, 4) is 16.9 Å². The van der Waals surface area contributed by atoms with Gasteiger partial charge in [-0.05, 0) is 25.0 Å². The van der Waals surface area contributed by atoms with Crippen LogP contribution >= 0.6 is 0 Å². The predicted molar refractivity (Wildman–Crippen MR) is 115 cm³/mol. The van der Waals surface area contributed by atoms with Gasteiger partial charge in [-0.1, -0.05) is 19.1 Å². The minimum Gasteiger partial charge on any atom is -0.397 e. The van der Waals surface area contributed by atoms with Gasteiger partial charge in [0.25, 0.3) is 0 Å². The average molecular weight is 393 g/mol. The number of aromatic nitrogens is 5. The fraction of sp³-hybridized carbons (Fsp3) is 0.429. The van der Waals surface area contributed by atoms with Crippen molar-refractivity contribution < 1.29 is 0 Å². The van der Waals surface area contributed by atoms with Crippen molar-refractivity contribution in [1.82, 2.24) is 29.9 Å². The molecule has 0 aliphatic carbocycles. The third-order valence-corrected chi connectivity index (χ3v) is 5.20. The molecule has 1 aliphatic rings. The highest BCUT2D eigenvalue weighted by Crippen LogP contribution is 2.24. The molecule has 3 aromatic rings. The maximum atomic E-state index is 5.88. The number of rotatable bonds is 5. The summed E-state index contributed by atoms with van der Waals surface area (Å²) in [6, 6.07) is 4.00. The Kier molecular flexibility index (Phi) is 5.44. The van der Waals surface area contributed by atoms with E-state index >= 15 is 0 Å². The summed E-state index contributed by atoms with van der Waals surface area (Å²) in [5.74, 6) is 0.702. The number of hydrogen-bond donors (Lipinski definition) is 1. The van der Waals surface area contributed by atoms with Crippen LogP contribution in [0, 0.1) is 12.8 Å². The molecule has 0 unspecified atom stereocenters. The summed E-state index contributed by atoms with van der Waals surface area (Å²) in [4.78, 5) is 13.7. The standard InChI is InChI=1S/C21H28N8/c1-15(2)13-27-4-6-28(7-5-27)19-8-17(10-23-12-19)20-14-29(26-25-20)21-9-18(22)11-24-16(21)3/h8-12,14-15H,4-7,13,22H2,1-3H3. The Hall–Kier alpha value is -3.00. The maximum Gasteiger partial charge on any atom is 0.115 e. The molecule has 0 amide bonds. The van der Waals surface area contributed by atoms with Crippen molar-refractivity contribution >= 4 is 11.4 Å². The van der Waals surface area contributed by atoms with Crippen molar-refractivity contribution in [2.45, 2.75) is 20.8 Å². The fourth-order valence-corrected chi connectivity index (χ4v) is 3.73. The zero-order valence-electron chi connectivity index (χ0n) is 17.3. The number of anilines is 2. The van der Waals surface area contributed by atoms with Crippen LogP contribution in [0.1, 0.15) is 19.5 Å². The summed E-state index contributed by atoms with van der Waals surface area (Å²) < 4.78 is 1.71. The SMILES string of the molecule is Cc1ncc(N)cc1-n1cc(-c2cncc(N3CCN(CC(C)C)CC3)c2)nn1. The van der Waals surface area contributed by atoms with Crippen LogP contribution in [0.5, 0.6) is 0 Å². The van der Waals surface area contributed by atoms with Crippen LogP contribution in [0.3, 0.4) is 0 Å². The van der Waals surface area contributed by atoms with E-state index in [-0.39, 0.29) is 0 Å². The molecule has 29 heavy (non-hydrogen) atoms. The molecule has 3 aromatic heterocycles. The number of hydrogen-bond acceptors (Lipinski definition) is 7. The topological polar surface area (TPSA) is 89.0 Å². The second-order valence-electron chi connectivity index (χ2n) is 8.03. The Morgan fingerprint density at radius 2 is 1.86 bits per heavy atom. The van der Waals surface area contributed by atoms with Crippen molar-refractivity contribution in [2.24, 2.45) is 5.92 Å². The summed E-state index contributed by atoms with van der Waals surface area (Å²) in [5.41, 5.74) is 11.0. The molecule has 8 heteroatoms. The van der Waals surface area contributed by atoms with Crippen LogP contribution in [0.4, 0.5) is 11.4 Å². The summed E-state index contributed by atoms with van der Waals surface area (Å²) in [5, 5.41) is 8.61. The molecular formula is C21H28N8. The molecule has 4 heterocycles. The molecule has 0 spiro atoms. The Balaban J connectivity index is 1.51. The monoisotopic (exact) mass is 392 g/mol. The Morgan fingerprint density at radius 3 is 2.62 bits per heavy atom. The second-order valence-corrected chi connectivity index (χ2v) is 8.03. The first kappa shape index (κ1) is 19.3. The molecule has 8 nitrogen and oxygen atoms in total. The first-order valence-electron chi connectivity index (χ1n) is 10.1. The minimum absolute atomic E-state index is 0.600. The van der Waals surface area contributed by atoms with Gasteiger partial charge in [0, 0.05) is 44.5 Å². The molecule has 1 aliphatic heterocycles. The number of pyridine rings is 2. The highest BCUT2D eigenvalue weighted by molar-refractivity contribution is 5.64. The first-order chi connectivity index (χ1) is 14.0. The second kappa shape index (κ2) is 8.16. The number of piperazine rings is 1. The molecule has 0 saturated carbocycles. The van der Waals surface area contributed by atoms with Gasteiger partial charge in [-0.3, -0.25) is 14.9 Å².